The topological polar surface area (TPSA) is 99.6 Å². The first-order valence-electron chi connectivity index (χ1n) is 5.87. The summed E-state index contributed by atoms with van der Waals surface area (Å²) in [6, 6.07) is 1.14. The van der Waals surface area contributed by atoms with Crippen LogP contribution in [0.2, 0.25) is 0 Å². The lowest BCUT2D eigenvalue weighted by molar-refractivity contribution is 0.0976. The van der Waals surface area contributed by atoms with Gasteiger partial charge in [-0.05, 0) is 13.0 Å². The van der Waals surface area contributed by atoms with Gasteiger partial charge in [0, 0.05) is 17.5 Å². The van der Waals surface area contributed by atoms with Crippen molar-refractivity contribution in [1.29, 1.82) is 0 Å². The van der Waals surface area contributed by atoms with Crippen LogP contribution < -0.4 is 4.74 Å². The average molecular weight is 273 g/mol. The highest BCUT2D eigenvalue weighted by Crippen LogP contribution is 2.44. The predicted octanol–water partition coefficient (Wildman–Crippen LogP) is 1.52. The van der Waals surface area contributed by atoms with E-state index in [1.165, 1.54) is 13.3 Å². The van der Waals surface area contributed by atoms with Crippen LogP contribution in [0.15, 0.2) is 12.3 Å². The van der Waals surface area contributed by atoms with Gasteiger partial charge in [-0.25, -0.2) is 0 Å². The molecule has 1 aliphatic rings. The van der Waals surface area contributed by atoms with E-state index >= 15 is 0 Å². The molecule has 1 aliphatic carbocycles. The van der Waals surface area contributed by atoms with Crippen molar-refractivity contribution in [2.45, 2.75) is 6.92 Å². The molecule has 3 N–H and O–H groups in total. The van der Waals surface area contributed by atoms with Gasteiger partial charge in [0.1, 0.15) is 0 Å². The summed E-state index contributed by atoms with van der Waals surface area (Å²) >= 11 is 0. The lowest BCUT2D eigenvalue weighted by Gasteiger charge is -2.18. The van der Waals surface area contributed by atoms with E-state index in [-0.39, 0.29) is 33.8 Å². The zero-order valence-electron chi connectivity index (χ0n) is 10.8. The molecule has 1 heterocycles. The van der Waals surface area contributed by atoms with Crippen molar-refractivity contribution in [3.63, 3.8) is 0 Å². The van der Waals surface area contributed by atoms with E-state index in [4.69, 9.17) is 4.74 Å². The number of fused-ring (bicyclic) bond motifs is 2. The Bertz CT molecular complexity index is 772. The van der Waals surface area contributed by atoms with Crippen molar-refractivity contribution in [3.8, 4) is 17.2 Å². The molecule has 102 valence electrons. The fraction of sp³-hybridized carbons (Fsp3) is 0.143. The molecule has 0 amide bonds. The van der Waals surface area contributed by atoms with Crippen LogP contribution >= 0.6 is 0 Å². The van der Waals surface area contributed by atoms with Crippen LogP contribution in [0.5, 0.6) is 17.2 Å². The number of methoxy groups -OCH3 is 1. The Morgan fingerprint density at radius 1 is 1.10 bits per heavy atom. The molecule has 1 aromatic carbocycles. The summed E-state index contributed by atoms with van der Waals surface area (Å²) in [5.41, 5.74) is 0.863. The highest BCUT2D eigenvalue weighted by atomic mass is 16.5. The molecule has 0 saturated carbocycles. The van der Waals surface area contributed by atoms with Gasteiger partial charge in [-0.3, -0.25) is 9.59 Å². The number of aromatic amines is 1. The standard InChI is InChI=1S/C14H11NO5/c1-5-9-7(4-15-5)11(17)6-3-8(16)14(20-2)13(19)10(6)12(9)18/h3-4,15-16,19H,1-2H3. The lowest BCUT2D eigenvalue weighted by atomic mass is 9.84. The number of ether oxygens (including phenoxy) is 1. The predicted molar refractivity (Wildman–Crippen MR) is 68.7 cm³/mol. The normalized spacial score (nSPS) is 13.1. The molecule has 0 atom stereocenters. The number of carbonyl (C=O) groups is 2. The largest absolute Gasteiger partial charge is 0.504 e. The van der Waals surface area contributed by atoms with Gasteiger partial charge < -0.3 is 19.9 Å². The number of aromatic hydroxyl groups is 2. The van der Waals surface area contributed by atoms with E-state index < -0.39 is 17.3 Å². The monoisotopic (exact) mass is 273 g/mol. The van der Waals surface area contributed by atoms with E-state index in [2.05, 4.69) is 4.98 Å². The van der Waals surface area contributed by atoms with Crippen molar-refractivity contribution >= 4 is 11.6 Å². The SMILES string of the molecule is COc1c(O)cc2c(c1O)C(=O)c1c(c[nH]c1C)C2=O. The second-order valence-corrected chi connectivity index (χ2v) is 4.56. The van der Waals surface area contributed by atoms with Crippen LogP contribution in [0.3, 0.4) is 0 Å². The molecule has 3 rings (SSSR count). The van der Waals surface area contributed by atoms with Crippen molar-refractivity contribution in [1.82, 2.24) is 4.98 Å². The number of carbonyl (C=O) groups excluding carboxylic acids is 2. The number of H-pyrrole nitrogens is 1. The lowest BCUT2D eigenvalue weighted by Crippen LogP contribution is -2.20. The van der Waals surface area contributed by atoms with Crippen LogP contribution in [0.4, 0.5) is 0 Å². The number of aromatic nitrogens is 1. The van der Waals surface area contributed by atoms with Crippen LogP contribution in [0.1, 0.15) is 37.5 Å². The number of hydrogen-bond donors (Lipinski definition) is 3. The van der Waals surface area contributed by atoms with Gasteiger partial charge in [-0.15, -0.1) is 0 Å². The molecule has 0 fully saturated rings. The van der Waals surface area contributed by atoms with Crippen LogP contribution in [0.25, 0.3) is 0 Å². The zero-order chi connectivity index (χ0) is 14.6. The summed E-state index contributed by atoms with van der Waals surface area (Å²) in [6.45, 7) is 1.67. The third-order valence-electron chi connectivity index (χ3n) is 3.46. The van der Waals surface area contributed by atoms with Crippen molar-refractivity contribution in [2.75, 3.05) is 7.11 Å². The number of aryl methyl sites for hydroxylation is 1. The molecule has 0 aliphatic heterocycles. The second kappa shape index (κ2) is 3.86. The molecule has 1 aromatic heterocycles. The Hall–Kier alpha value is -2.76. The maximum atomic E-state index is 12.5. The summed E-state index contributed by atoms with van der Waals surface area (Å²) < 4.78 is 4.85. The number of nitrogens with one attached hydrogen (secondary N) is 1. The Kier molecular flexibility index (Phi) is 2.37. The summed E-state index contributed by atoms with van der Waals surface area (Å²) in [6.07, 6.45) is 1.45. The van der Waals surface area contributed by atoms with Crippen molar-refractivity contribution in [2.24, 2.45) is 0 Å². The summed E-state index contributed by atoms with van der Waals surface area (Å²) in [5, 5.41) is 19.8. The fourth-order valence-electron chi connectivity index (χ4n) is 2.52. The first-order chi connectivity index (χ1) is 9.47. The molecule has 2 aromatic rings. The molecule has 0 unspecified atom stereocenters. The molecular weight excluding hydrogens is 262 g/mol. The third kappa shape index (κ3) is 1.33. The molecule has 0 bridgehead atoms. The quantitative estimate of drug-likeness (QED) is 0.624. The average Bonchev–Trinajstić information content (AvgIpc) is 2.78. The minimum Gasteiger partial charge on any atom is -0.504 e. The van der Waals surface area contributed by atoms with Gasteiger partial charge in [-0.1, -0.05) is 0 Å². The van der Waals surface area contributed by atoms with E-state index in [9.17, 15) is 19.8 Å². The minimum atomic E-state index is -0.521. The second-order valence-electron chi connectivity index (χ2n) is 4.56. The minimum absolute atomic E-state index is 0.0303. The molecule has 0 saturated heterocycles. The van der Waals surface area contributed by atoms with Crippen molar-refractivity contribution < 1.29 is 24.5 Å². The number of ketones is 2. The van der Waals surface area contributed by atoms with Gasteiger partial charge in [0.25, 0.3) is 0 Å². The Balaban J connectivity index is 2.38. The highest BCUT2D eigenvalue weighted by molar-refractivity contribution is 6.30. The van der Waals surface area contributed by atoms with Crippen LogP contribution in [0, 0.1) is 6.92 Å². The van der Waals surface area contributed by atoms with Gasteiger partial charge in [-0.2, -0.15) is 0 Å². The van der Waals surface area contributed by atoms with Crippen LogP contribution in [-0.4, -0.2) is 33.9 Å². The molecule has 6 nitrogen and oxygen atoms in total. The molecular formula is C14H11NO5. The Morgan fingerprint density at radius 3 is 2.45 bits per heavy atom. The third-order valence-corrected chi connectivity index (χ3v) is 3.46. The highest BCUT2D eigenvalue weighted by Gasteiger charge is 2.36. The maximum Gasteiger partial charge on any atom is 0.203 e. The molecule has 6 heteroatoms. The first kappa shape index (κ1) is 12.3. The smallest absolute Gasteiger partial charge is 0.203 e. The molecule has 0 radical (unpaired) electrons. The summed E-state index contributed by atoms with van der Waals surface area (Å²) in [5.74, 6) is -2.02. The summed E-state index contributed by atoms with van der Waals surface area (Å²) in [7, 11) is 1.25. The van der Waals surface area contributed by atoms with Gasteiger partial charge >= 0.3 is 0 Å². The van der Waals surface area contributed by atoms with E-state index in [0.717, 1.165) is 6.07 Å². The maximum absolute atomic E-state index is 12.5. The van der Waals surface area contributed by atoms with Crippen molar-refractivity contribution in [3.05, 3.63) is 40.2 Å². The van der Waals surface area contributed by atoms with Gasteiger partial charge in [0.2, 0.25) is 5.75 Å². The number of phenols is 2. The van der Waals surface area contributed by atoms with Gasteiger partial charge in [0.15, 0.2) is 23.1 Å². The Morgan fingerprint density at radius 2 is 1.80 bits per heavy atom. The van der Waals surface area contributed by atoms with E-state index in [1.54, 1.807) is 6.92 Å². The Labute approximate surface area is 113 Å². The number of hydrogen-bond acceptors (Lipinski definition) is 5. The number of benzene rings is 1. The molecule has 20 heavy (non-hydrogen) atoms. The van der Waals surface area contributed by atoms with Gasteiger partial charge in [0.05, 0.1) is 23.8 Å². The molecule has 0 spiro atoms. The fourth-order valence-corrected chi connectivity index (χ4v) is 2.52. The number of rotatable bonds is 1. The van der Waals surface area contributed by atoms with E-state index in [0.29, 0.717) is 5.69 Å². The summed E-state index contributed by atoms with van der Waals surface area (Å²) in [4.78, 5) is 27.6. The number of phenolic OH excluding ortho intramolecular Hbond substituents is 2. The zero-order valence-corrected chi connectivity index (χ0v) is 10.8. The van der Waals surface area contributed by atoms with Crippen LogP contribution in [-0.2, 0) is 0 Å². The first-order valence-corrected chi connectivity index (χ1v) is 5.87. The van der Waals surface area contributed by atoms with E-state index in [1.807, 2.05) is 0 Å².